The normalized spacial score (nSPS) is 14.6. The summed E-state index contributed by atoms with van der Waals surface area (Å²) in [5.74, 6) is -0.733. The predicted molar refractivity (Wildman–Crippen MR) is 102 cm³/mol. The number of nitrogens with zero attached hydrogens (tertiary/aromatic N) is 1. The summed E-state index contributed by atoms with van der Waals surface area (Å²) in [6.45, 7) is 0.582. The van der Waals surface area contributed by atoms with E-state index in [2.05, 4.69) is 0 Å². The van der Waals surface area contributed by atoms with Crippen LogP contribution in [0.3, 0.4) is 0 Å². The number of hydrogen-bond donors (Lipinski definition) is 0. The lowest BCUT2D eigenvalue weighted by Crippen LogP contribution is -2.27. The summed E-state index contributed by atoms with van der Waals surface area (Å²) in [5.41, 5.74) is 0.498. The fourth-order valence-electron chi connectivity index (χ4n) is 3.00. The lowest BCUT2D eigenvalue weighted by atomic mass is 10.1. The molecule has 148 valence electrons. The third kappa shape index (κ3) is 4.23. The van der Waals surface area contributed by atoms with Crippen LogP contribution in [0.15, 0.2) is 53.4 Å². The van der Waals surface area contributed by atoms with Gasteiger partial charge in [0.25, 0.3) is 0 Å². The molecule has 0 unspecified atom stereocenters. The zero-order valence-corrected chi connectivity index (χ0v) is 16.3. The summed E-state index contributed by atoms with van der Waals surface area (Å²) in [4.78, 5) is 24.6. The highest BCUT2D eigenvalue weighted by molar-refractivity contribution is 7.89. The smallest absolute Gasteiger partial charge is 0.342 e. The van der Waals surface area contributed by atoms with E-state index in [9.17, 15) is 18.0 Å². The fourth-order valence-corrected chi connectivity index (χ4v) is 4.51. The molecule has 1 heterocycles. The second-order valence-corrected chi connectivity index (χ2v) is 8.27. The molecule has 1 fully saturated rings. The van der Waals surface area contributed by atoms with Crippen LogP contribution in [0.5, 0.6) is 5.75 Å². The zero-order chi connectivity index (χ0) is 20.1. The SMILES string of the molecule is COc1ccccc1C(=O)OCC(=O)c1ccc(S(=O)(=O)N2CCCC2)cc1. The summed E-state index contributed by atoms with van der Waals surface area (Å²) in [6, 6.07) is 12.2. The highest BCUT2D eigenvalue weighted by Crippen LogP contribution is 2.21. The molecule has 1 aliphatic heterocycles. The Kier molecular flexibility index (Phi) is 6.11. The van der Waals surface area contributed by atoms with Gasteiger partial charge in [0.15, 0.2) is 12.4 Å². The maximum absolute atomic E-state index is 12.5. The van der Waals surface area contributed by atoms with Gasteiger partial charge in [-0.15, -0.1) is 0 Å². The molecule has 7 nitrogen and oxygen atoms in total. The molecule has 3 rings (SSSR count). The quantitative estimate of drug-likeness (QED) is 0.521. The highest BCUT2D eigenvalue weighted by atomic mass is 32.2. The first-order chi connectivity index (χ1) is 13.4. The molecule has 0 saturated carbocycles. The van der Waals surface area contributed by atoms with Crippen LogP contribution in [0.1, 0.15) is 33.6 Å². The number of carbonyl (C=O) groups is 2. The Balaban J connectivity index is 1.64. The molecule has 1 aliphatic rings. The number of Topliss-reactive ketones (excluding diaryl/α,β-unsaturated/α-hetero) is 1. The third-order valence-electron chi connectivity index (χ3n) is 4.54. The number of ether oxygens (including phenoxy) is 2. The van der Waals surface area contributed by atoms with Crippen LogP contribution in [0.4, 0.5) is 0 Å². The topological polar surface area (TPSA) is 90.0 Å². The van der Waals surface area contributed by atoms with Crippen molar-refractivity contribution in [3.63, 3.8) is 0 Å². The lowest BCUT2D eigenvalue weighted by molar-refractivity contribution is 0.0471. The van der Waals surface area contributed by atoms with Crippen molar-refractivity contribution in [1.29, 1.82) is 0 Å². The van der Waals surface area contributed by atoms with Gasteiger partial charge in [-0.25, -0.2) is 13.2 Å². The van der Waals surface area contributed by atoms with Crippen LogP contribution in [-0.4, -0.2) is 51.3 Å². The summed E-state index contributed by atoms with van der Waals surface area (Å²) in [7, 11) is -2.09. The molecular formula is C20H21NO6S. The molecule has 0 atom stereocenters. The van der Waals surface area contributed by atoms with Gasteiger partial charge in [0.05, 0.1) is 12.0 Å². The van der Waals surface area contributed by atoms with Gasteiger partial charge in [0.1, 0.15) is 11.3 Å². The van der Waals surface area contributed by atoms with Crippen molar-refractivity contribution in [2.75, 3.05) is 26.8 Å². The van der Waals surface area contributed by atoms with Gasteiger partial charge >= 0.3 is 5.97 Å². The molecule has 2 aromatic rings. The molecule has 2 aromatic carbocycles. The molecule has 0 aliphatic carbocycles. The minimum atomic E-state index is -3.53. The minimum Gasteiger partial charge on any atom is -0.496 e. The first-order valence-electron chi connectivity index (χ1n) is 8.87. The van der Waals surface area contributed by atoms with Gasteiger partial charge < -0.3 is 9.47 Å². The van der Waals surface area contributed by atoms with Crippen molar-refractivity contribution in [2.24, 2.45) is 0 Å². The van der Waals surface area contributed by atoms with Gasteiger partial charge in [-0.3, -0.25) is 4.79 Å². The first kappa shape index (κ1) is 20.0. The molecule has 0 N–H and O–H groups in total. The molecule has 1 saturated heterocycles. The number of methoxy groups -OCH3 is 1. The van der Waals surface area contributed by atoms with Gasteiger partial charge in [-0.2, -0.15) is 4.31 Å². The van der Waals surface area contributed by atoms with Gasteiger partial charge in [-0.1, -0.05) is 12.1 Å². The van der Waals surface area contributed by atoms with Crippen molar-refractivity contribution in [1.82, 2.24) is 4.31 Å². The molecule has 0 amide bonds. The Labute approximate surface area is 163 Å². The van der Waals surface area contributed by atoms with Crippen LogP contribution < -0.4 is 4.74 Å². The van der Waals surface area contributed by atoms with Crippen LogP contribution in [-0.2, 0) is 14.8 Å². The van der Waals surface area contributed by atoms with E-state index < -0.39 is 28.4 Å². The molecule has 0 bridgehead atoms. The molecule has 0 aromatic heterocycles. The van der Waals surface area contributed by atoms with Crippen molar-refractivity contribution in [3.8, 4) is 5.75 Å². The standard InChI is InChI=1S/C20H21NO6S/c1-26-19-7-3-2-6-17(19)20(23)27-14-18(22)15-8-10-16(11-9-15)28(24,25)21-12-4-5-13-21/h2-3,6-11H,4-5,12-14H2,1H3. The van der Waals surface area contributed by atoms with E-state index >= 15 is 0 Å². The van der Waals surface area contributed by atoms with Crippen molar-refractivity contribution >= 4 is 21.8 Å². The predicted octanol–water partition coefficient (Wildman–Crippen LogP) is 2.52. The van der Waals surface area contributed by atoms with Crippen LogP contribution in [0.25, 0.3) is 0 Å². The van der Waals surface area contributed by atoms with E-state index in [1.165, 1.54) is 35.7 Å². The number of hydrogen-bond acceptors (Lipinski definition) is 6. The zero-order valence-electron chi connectivity index (χ0n) is 15.5. The number of rotatable bonds is 7. The average molecular weight is 403 g/mol. The van der Waals surface area contributed by atoms with Crippen molar-refractivity contribution in [2.45, 2.75) is 17.7 Å². The molecule has 8 heteroatoms. The Morgan fingerprint density at radius 2 is 1.64 bits per heavy atom. The number of para-hydroxylation sites is 1. The van der Waals surface area contributed by atoms with Gasteiger partial charge in [0, 0.05) is 18.7 Å². The maximum atomic E-state index is 12.5. The fraction of sp³-hybridized carbons (Fsp3) is 0.300. The van der Waals surface area contributed by atoms with E-state index in [1.54, 1.807) is 24.3 Å². The van der Waals surface area contributed by atoms with Gasteiger partial charge in [-0.05, 0) is 49.2 Å². The number of ketones is 1. The maximum Gasteiger partial charge on any atom is 0.342 e. The molecular weight excluding hydrogens is 382 g/mol. The average Bonchev–Trinajstić information content (AvgIpc) is 3.27. The third-order valence-corrected chi connectivity index (χ3v) is 6.45. The van der Waals surface area contributed by atoms with E-state index in [4.69, 9.17) is 9.47 Å². The Morgan fingerprint density at radius 1 is 1.00 bits per heavy atom. The Bertz CT molecular complexity index is 962. The minimum absolute atomic E-state index is 0.150. The number of sulfonamides is 1. The number of esters is 1. The molecule has 28 heavy (non-hydrogen) atoms. The Morgan fingerprint density at radius 3 is 2.29 bits per heavy atom. The van der Waals surface area contributed by atoms with Gasteiger partial charge in [0.2, 0.25) is 10.0 Å². The van der Waals surface area contributed by atoms with E-state index in [0.717, 1.165) is 12.8 Å². The Hall–Kier alpha value is -2.71. The molecule has 0 spiro atoms. The first-order valence-corrected chi connectivity index (χ1v) is 10.3. The summed E-state index contributed by atoms with van der Waals surface area (Å²) in [6.07, 6.45) is 1.71. The van der Waals surface area contributed by atoms with E-state index in [1.807, 2.05) is 0 Å². The second kappa shape index (κ2) is 8.53. The largest absolute Gasteiger partial charge is 0.496 e. The van der Waals surface area contributed by atoms with E-state index in [0.29, 0.717) is 18.8 Å². The highest BCUT2D eigenvalue weighted by Gasteiger charge is 2.27. The lowest BCUT2D eigenvalue weighted by Gasteiger charge is -2.15. The van der Waals surface area contributed by atoms with Crippen molar-refractivity contribution < 1.29 is 27.5 Å². The summed E-state index contributed by atoms with van der Waals surface area (Å²) < 4.78 is 36.6. The summed E-state index contributed by atoms with van der Waals surface area (Å²) >= 11 is 0. The van der Waals surface area contributed by atoms with E-state index in [-0.39, 0.29) is 16.0 Å². The monoisotopic (exact) mass is 403 g/mol. The number of benzene rings is 2. The van der Waals surface area contributed by atoms with Crippen LogP contribution in [0, 0.1) is 0 Å². The van der Waals surface area contributed by atoms with Crippen molar-refractivity contribution in [3.05, 3.63) is 59.7 Å². The summed E-state index contributed by atoms with van der Waals surface area (Å²) in [5, 5.41) is 0. The number of carbonyl (C=O) groups excluding carboxylic acids is 2. The van der Waals surface area contributed by atoms with Crippen LogP contribution in [0.2, 0.25) is 0 Å². The second-order valence-electron chi connectivity index (χ2n) is 6.34. The molecule has 0 radical (unpaired) electrons. The van der Waals surface area contributed by atoms with Crippen LogP contribution >= 0.6 is 0 Å².